The van der Waals surface area contributed by atoms with Crippen molar-refractivity contribution in [3.8, 4) is 5.19 Å². The number of hydrogen-bond acceptors (Lipinski definition) is 6. The summed E-state index contributed by atoms with van der Waals surface area (Å²) in [7, 11) is 1.91. The molecule has 0 amide bonds. The van der Waals surface area contributed by atoms with Crippen LogP contribution in [0.4, 0.5) is 0 Å². The highest BCUT2D eigenvalue weighted by molar-refractivity contribution is 7.13. The molecule has 35 heavy (non-hydrogen) atoms. The molecule has 1 aromatic carbocycles. The number of carbonyl (C=O) groups is 1. The second-order valence-electron chi connectivity index (χ2n) is 10.4. The highest BCUT2D eigenvalue weighted by Crippen LogP contribution is 2.34. The van der Waals surface area contributed by atoms with E-state index in [4.69, 9.17) is 9.72 Å². The number of Topliss-reactive ketones (excluding diaryl/α,β-unsaturated/α-hetero) is 1. The maximum absolute atomic E-state index is 13.1. The largest absolute Gasteiger partial charge is 0.470 e. The van der Waals surface area contributed by atoms with Crippen LogP contribution in [0.15, 0.2) is 24.4 Å². The molecule has 6 nitrogen and oxygen atoms in total. The maximum atomic E-state index is 13.1. The Hall–Kier alpha value is -2.25. The summed E-state index contributed by atoms with van der Waals surface area (Å²) < 4.78 is 7.55. The summed E-state index contributed by atoms with van der Waals surface area (Å²) in [6.07, 6.45) is 12.0. The van der Waals surface area contributed by atoms with Crippen LogP contribution in [0.5, 0.6) is 5.19 Å². The first-order valence-corrected chi connectivity index (χ1v) is 14.2. The molecule has 0 atom stereocenters. The lowest BCUT2D eigenvalue weighted by Crippen LogP contribution is -2.29. The minimum atomic E-state index is 0.279. The minimum Gasteiger partial charge on any atom is -0.470 e. The Bertz CT molecular complexity index is 1120. The highest BCUT2D eigenvalue weighted by atomic mass is 32.1. The third kappa shape index (κ3) is 5.95. The fourth-order valence-corrected chi connectivity index (χ4v) is 6.69. The summed E-state index contributed by atoms with van der Waals surface area (Å²) in [6, 6.07) is 5.90. The van der Waals surface area contributed by atoms with Crippen LogP contribution in [0, 0.1) is 11.8 Å². The van der Waals surface area contributed by atoms with Crippen LogP contribution >= 0.6 is 11.3 Å². The van der Waals surface area contributed by atoms with Gasteiger partial charge in [-0.05, 0) is 56.6 Å². The lowest BCUT2D eigenvalue weighted by Gasteiger charge is -2.30. The van der Waals surface area contributed by atoms with Crippen LogP contribution in [-0.4, -0.2) is 51.7 Å². The molecule has 0 bridgehead atoms. The van der Waals surface area contributed by atoms with Crippen molar-refractivity contribution in [3.63, 3.8) is 0 Å². The zero-order valence-electron chi connectivity index (χ0n) is 21.2. The summed E-state index contributed by atoms with van der Waals surface area (Å²) in [5.74, 6) is 1.60. The standard InChI is InChI=1S/C28H38N4O2S/c1-3-17-34-28-29-25-12-15-32(16-13-27(25)35-28)14-11-20-7-9-21(10-8-20)18-26(33)22-5-4-6-24-23(22)19-31(2)30-24/h4-6,19-21H,3,7-18H2,1-2H3. The van der Waals surface area contributed by atoms with E-state index in [0.29, 0.717) is 12.3 Å². The number of fused-ring (bicyclic) bond motifs is 2. The molecule has 5 rings (SSSR count). The molecule has 0 radical (unpaired) electrons. The van der Waals surface area contributed by atoms with Crippen LogP contribution in [0.1, 0.15) is 72.8 Å². The van der Waals surface area contributed by atoms with Gasteiger partial charge in [-0.1, -0.05) is 43.2 Å². The third-order valence-electron chi connectivity index (χ3n) is 7.77. The number of carbonyl (C=O) groups excluding carboxylic acids is 1. The predicted octanol–water partition coefficient (Wildman–Crippen LogP) is 5.69. The van der Waals surface area contributed by atoms with E-state index in [1.165, 1.54) is 49.2 Å². The van der Waals surface area contributed by atoms with Gasteiger partial charge in [-0.2, -0.15) is 5.10 Å². The van der Waals surface area contributed by atoms with Gasteiger partial charge in [0.25, 0.3) is 5.19 Å². The highest BCUT2D eigenvalue weighted by Gasteiger charge is 2.25. The first kappa shape index (κ1) is 24.4. The summed E-state index contributed by atoms with van der Waals surface area (Å²) in [4.78, 5) is 21.9. The molecule has 2 aliphatic rings. The lowest BCUT2D eigenvalue weighted by molar-refractivity contribution is 0.0942. The first-order valence-electron chi connectivity index (χ1n) is 13.4. The number of thiazole rings is 1. The van der Waals surface area contributed by atoms with E-state index in [1.54, 1.807) is 16.0 Å². The SMILES string of the molecule is CCCOc1nc2c(s1)CCN(CCC1CCC(CC(=O)c3cccc4nn(C)cc34)CC1)CC2. The van der Waals surface area contributed by atoms with E-state index in [-0.39, 0.29) is 5.78 Å². The van der Waals surface area contributed by atoms with Crippen molar-refractivity contribution >= 4 is 28.0 Å². The lowest BCUT2D eigenvalue weighted by atomic mass is 9.78. The molecular formula is C28H38N4O2S. The van der Waals surface area contributed by atoms with Crippen LogP contribution in [-0.2, 0) is 19.9 Å². The number of nitrogens with zero attached hydrogens (tertiary/aromatic N) is 4. The van der Waals surface area contributed by atoms with Crippen LogP contribution in [0.25, 0.3) is 10.9 Å². The topological polar surface area (TPSA) is 60.2 Å². The summed E-state index contributed by atoms with van der Waals surface area (Å²) in [5, 5.41) is 6.30. The molecule has 1 aliphatic heterocycles. The molecule has 3 heterocycles. The van der Waals surface area contributed by atoms with E-state index in [9.17, 15) is 4.79 Å². The third-order valence-corrected chi connectivity index (χ3v) is 8.84. The molecule has 2 aromatic heterocycles. The number of benzene rings is 1. The number of aryl methyl sites for hydroxylation is 1. The smallest absolute Gasteiger partial charge is 0.273 e. The van der Waals surface area contributed by atoms with Gasteiger partial charge in [0.15, 0.2) is 5.78 Å². The molecule has 0 saturated heterocycles. The van der Waals surface area contributed by atoms with Crippen LogP contribution in [0.3, 0.4) is 0 Å². The second kappa shape index (κ2) is 11.2. The maximum Gasteiger partial charge on any atom is 0.273 e. The quantitative estimate of drug-likeness (QED) is 0.358. The number of rotatable bonds is 9. The van der Waals surface area contributed by atoms with Gasteiger partial charge in [0.2, 0.25) is 0 Å². The van der Waals surface area contributed by atoms with Crippen LogP contribution in [0.2, 0.25) is 0 Å². The number of aromatic nitrogens is 3. The molecule has 188 valence electrons. The number of hydrogen-bond donors (Lipinski definition) is 0. The van der Waals surface area contributed by atoms with Crippen molar-refractivity contribution in [2.75, 3.05) is 26.2 Å². The summed E-state index contributed by atoms with van der Waals surface area (Å²) >= 11 is 1.75. The van der Waals surface area contributed by atoms with E-state index in [0.717, 1.165) is 66.5 Å². The van der Waals surface area contributed by atoms with E-state index in [1.807, 2.05) is 31.4 Å². The predicted molar refractivity (Wildman–Crippen MR) is 141 cm³/mol. The Balaban J connectivity index is 1.05. The van der Waals surface area contributed by atoms with E-state index < -0.39 is 0 Å². The van der Waals surface area contributed by atoms with Crippen molar-refractivity contribution in [3.05, 3.63) is 40.5 Å². The molecule has 1 saturated carbocycles. The van der Waals surface area contributed by atoms with E-state index >= 15 is 0 Å². The van der Waals surface area contributed by atoms with Gasteiger partial charge in [0.05, 0.1) is 17.8 Å². The first-order chi connectivity index (χ1) is 17.1. The molecule has 0 N–H and O–H groups in total. The Morgan fingerprint density at radius 3 is 2.77 bits per heavy atom. The molecule has 1 aliphatic carbocycles. The molecule has 7 heteroatoms. The normalized spacial score (nSPS) is 21.1. The van der Waals surface area contributed by atoms with Crippen molar-refractivity contribution < 1.29 is 9.53 Å². The van der Waals surface area contributed by atoms with Gasteiger partial charge in [0.1, 0.15) is 0 Å². The van der Waals surface area contributed by atoms with Crippen LogP contribution < -0.4 is 4.74 Å². The van der Waals surface area contributed by atoms with Gasteiger partial charge in [-0.25, -0.2) is 4.98 Å². The van der Waals surface area contributed by atoms with Gasteiger partial charge in [-0.15, -0.1) is 0 Å². The fourth-order valence-electron chi connectivity index (χ4n) is 5.73. The average molecular weight is 495 g/mol. The van der Waals surface area contributed by atoms with Crippen molar-refractivity contribution in [1.29, 1.82) is 0 Å². The average Bonchev–Trinajstić information content (AvgIpc) is 3.39. The molecule has 1 fully saturated rings. The number of ether oxygens (including phenoxy) is 1. The molecular weight excluding hydrogens is 456 g/mol. The Morgan fingerprint density at radius 1 is 1.14 bits per heavy atom. The summed E-state index contributed by atoms with van der Waals surface area (Å²) in [5.41, 5.74) is 3.01. The van der Waals surface area contributed by atoms with Crippen molar-refractivity contribution in [2.24, 2.45) is 18.9 Å². The molecule has 3 aromatic rings. The zero-order chi connectivity index (χ0) is 24.2. The summed E-state index contributed by atoms with van der Waals surface area (Å²) in [6.45, 7) is 6.31. The fraction of sp³-hybridized carbons (Fsp3) is 0.607. The van der Waals surface area contributed by atoms with Crippen molar-refractivity contribution in [2.45, 2.75) is 64.7 Å². The Morgan fingerprint density at radius 2 is 1.94 bits per heavy atom. The monoisotopic (exact) mass is 494 g/mol. The van der Waals surface area contributed by atoms with Gasteiger partial charge < -0.3 is 9.64 Å². The van der Waals surface area contributed by atoms with Gasteiger partial charge in [-0.3, -0.25) is 9.48 Å². The molecule has 0 spiro atoms. The Labute approximate surface area is 212 Å². The van der Waals surface area contributed by atoms with E-state index in [2.05, 4.69) is 16.9 Å². The second-order valence-corrected chi connectivity index (χ2v) is 11.4. The Kier molecular flexibility index (Phi) is 7.83. The van der Waals surface area contributed by atoms with Gasteiger partial charge >= 0.3 is 0 Å². The zero-order valence-corrected chi connectivity index (χ0v) is 22.0. The number of ketones is 1. The molecule has 0 unspecified atom stereocenters. The van der Waals surface area contributed by atoms with Gasteiger partial charge in [0, 0.05) is 55.0 Å². The van der Waals surface area contributed by atoms with Crippen molar-refractivity contribution in [1.82, 2.24) is 19.7 Å². The minimum absolute atomic E-state index is 0.279.